The molecule has 8 nitrogen and oxygen atoms in total. The van der Waals surface area contributed by atoms with E-state index in [0.717, 1.165) is 6.42 Å². The average Bonchev–Trinajstić information content (AvgIpc) is 3.10. The minimum atomic E-state index is -3.74. The molecule has 0 bridgehead atoms. The largest absolute Gasteiger partial charge is 0.347 e. The fourth-order valence-electron chi connectivity index (χ4n) is 4.09. The highest BCUT2D eigenvalue weighted by molar-refractivity contribution is 7.92. The van der Waals surface area contributed by atoms with E-state index in [1.54, 1.807) is 19.1 Å². The molecule has 1 aromatic rings. The minimum Gasteiger partial charge on any atom is -0.347 e. The van der Waals surface area contributed by atoms with Crippen molar-refractivity contribution in [2.75, 3.05) is 42.9 Å². The molecular weight excluding hydrogens is 404 g/mol. The van der Waals surface area contributed by atoms with Crippen LogP contribution in [0.5, 0.6) is 0 Å². The molecule has 0 atom stereocenters. The SMILES string of the molecule is Cc1ccc(N2CCCCS2(=O)=O)cc1S(=O)(=O)N1CCC2(CC1)OCCO2. The molecule has 3 heterocycles. The number of rotatable bonds is 3. The van der Waals surface area contributed by atoms with Crippen molar-refractivity contribution < 1.29 is 26.3 Å². The summed E-state index contributed by atoms with van der Waals surface area (Å²) in [4.78, 5) is 0.162. The average molecular weight is 431 g/mol. The zero-order valence-electron chi connectivity index (χ0n) is 16.0. The third kappa shape index (κ3) is 3.56. The van der Waals surface area contributed by atoms with Crippen LogP contribution in [0.1, 0.15) is 31.2 Å². The predicted molar refractivity (Wildman–Crippen MR) is 104 cm³/mol. The molecule has 3 fully saturated rings. The van der Waals surface area contributed by atoms with Crippen LogP contribution in [-0.2, 0) is 29.5 Å². The molecule has 0 amide bonds. The van der Waals surface area contributed by atoms with Crippen LogP contribution < -0.4 is 4.31 Å². The topological polar surface area (TPSA) is 93.2 Å². The van der Waals surface area contributed by atoms with Crippen molar-refractivity contribution in [1.82, 2.24) is 4.31 Å². The van der Waals surface area contributed by atoms with Crippen molar-refractivity contribution >= 4 is 25.7 Å². The van der Waals surface area contributed by atoms with Crippen LogP contribution in [0.15, 0.2) is 23.1 Å². The highest BCUT2D eigenvalue weighted by Gasteiger charge is 2.43. The van der Waals surface area contributed by atoms with Crippen LogP contribution in [0, 0.1) is 6.92 Å². The fourth-order valence-corrected chi connectivity index (χ4v) is 7.41. The first-order valence-electron chi connectivity index (χ1n) is 9.63. The molecule has 3 saturated heterocycles. The number of piperidine rings is 1. The number of ether oxygens (including phenoxy) is 2. The molecule has 28 heavy (non-hydrogen) atoms. The lowest BCUT2D eigenvalue weighted by atomic mass is 10.1. The van der Waals surface area contributed by atoms with Crippen molar-refractivity contribution in [3.05, 3.63) is 23.8 Å². The van der Waals surface area contributed by atoms with E-state index < -0.39 is 25.8 Å². The third-order valence-electron chi connectivity index (χ3n) is 5.72. The van der Waals surface area contributed by atoms with Crippen LogP contribution in [0.4, 0.5) is 5.69 Å². The summed E-state index contributed by atoms with van der Waals surface area (Å²) in [7, 11) is -7.14. The van der Waals surface area contributed by atoms with E-state index in [9.17, 15) is 16.8 Å². The zero-order valence-corrected chi connectivity index (χ0v) is 17.6. The van der Waals surface area contributed by atoms with Crippen LogP contribution in [-0.4, -0.2) is 65.5 Å². The number of hydrogen-bond acceptors (Lipinski definition) is 6. The van der Waals surface area contributed by atoms with Gasteiger partial charge in [-0.15, -0.1) is 0 Å². The Morgan fingerprint density at radius 2 is 1.71 bits per heavy atom. The summed E-state index contributed by atoms with van der Waals surface area (Å²) in [5.41, 5.74) is 1.02. The van der Waals surface area contributed by atoms with Gasteiger partial charge in [-0.1, -0.05) is 6.07 Å². The van der Waals surface area contributed by atoms with E-state index in [1.165, 1.54) is 14.7 Å². The van der Waals surface area contributed by atoms with E-state index in [0.29, 0.717) is 63.4 Å². The Bertz CT molecular complexity index is 944. The van der Waals surface area contributed by atoms with Gasteiger partial charge < -0.3 is 9.47 Å². The van der Waals surface area contributed by atoms with Crippen molar-refractivity contribution in [2.24, 2.45) is 0 Å². The summed E-state index contributed by atoms with van der Waals surface area (Å²) in [5.74, 6) is -0.554. The van der Waals surface area contributed by atoms with Gasteiger partial charge in [0, 0.05) is 32.5 Å². The molecule has 4 rings (SSSR count). The Balaban J connectivity index is 1.61. The summed E-state index contributed by atoms with van der Waals surface area (Å²) in [6.45, 7) is 3.82. The summed E-state index contributed by atoms with van der Waals surface area (Å²) in [6.07, 6.45) is 2.38. The van der Waals surface area contributed by atoms with Gasteiger partial charge in [-0.25, -0.2) is 16.8 Å². The Kier molecular flexibility index (Phi) is 5.20. The molecule has 1 aromatic carbocycles. The maximum Gasteiger partial charge on any atom is 0.243 e. The summed E-state index contributed by atoms with van der Waals surface area (Å²) in [5, 5.41) is 0. The number of nitrogens with zero attached hydrogens (tertiary/aromatic N) is 2. The molecule has 3 aliphatic heterocycles. The van der Waals surface area contributed by atoms with Gasteiger partial charge in [0.25, 0.3) is 0 Å². The molecule has 0 saturated carbocycles. The van der Waals surface area contributed by atoms with Gasteiger partial charge in [-0.05, 0) is 37.5 Å². The molecule has 1 spiro atoms. The van der Waals surface area contributed by atoms with Gasteiger partial charge in [0.2, 0.25) is 20.0 Å². The van der Waals surface area contributed by atoms with Crippen LogP contribution >= 0.6 is 0 Å². The summed E-state index contributed by atoms with van der Waals surface area (Å²) < 4.78 is 65.5. The van der Waals surface area contributed by atoms with Crippen molar-refractivity contribution in [2.45, 2.75) is 43.3 Å². The maximum atomic E-state index is 13.3. The lowest BCUT2D eigenvalue weighted by Gasteiger charge is -2.37. The van der Waals surface area contributed by atoms with Gasteiger partial charge in [0.05, 0.1) is 29.5 Å². The van der Waals surface area contributed by atoms with E-state index in [-0.39, 0.29) is 10.6 Å². The second kappa shape index (κ2) is 7.24. The minimum absolute atomic E-state index is 0.0944. The van der Waals surface area contributed by atoms with Crippen molar-refractivity contribution in [1.29, 1.82) is 0 Å². The number of hydrogen-bond donors (Lipinski definition) is 0. The second-order valence-electron chi connectivity index (χ2n) is 7.56. The Labute approximate surface area is 166 Å². The molecule has 3 aliphatic rings. The summed E-state index contributed by atoms with van der Waals surface area (Å²) in [6, 6.07) is 4.87. The number of sulfonamides is 2. The highest BCUT2D eigenvalue weighted by atomic mass is 32.2. The standard InChI is InChI=1S/C18H26N2O6S2/c1-15-4-5-16(20-8-2-3-13-27(20,21)22)14-17(15)28(23,24)19-9-6-18(7-10-19)25-11-12-26-18/h4-5,14H,2-3,6-13H2,1H3. The normalized spacial score (nSPS) is 25.2. The first kappa shape index (κ1) is 20.1. The zero-order chi connectivity index (χ0) is 20.0. The lowest BCUT2D eigenvalue weighted by Crippen LogP contribution is -2.47. The van der Waals surface area contributed by atoms with Crippen LogP contribution in [0.25, 0.3) is 0 Å². The first-order chi connectivity index (χ1) is 13.2. The Morgan fingerprint density at radius 1 is 1.04 bits per heavy atom. The monoisotopic (exact) mass is 430 g/mol. The molecule has 0 aliphatic carbocycles. The molecule has 0 radical (unpaired) electrons. The van der Waals surface area contributed by atoms with Crippen molar-refractivity contribution in [3.63, 3.8) is 0 Å². The molecule has 0 aromatic heterocycles. The highest BCUT2D eigenvalue weighted by Crippen LogP contribution is 2.35. The lowest BCUT2D eigenvalue weighted by molar-refractivity contribution is -0.179. The van der Waals surface area contributed by atoms with Crippen LogP contribution in [0.3, 0.4) is 0 Å². The van der Waals surface area contributed by atoms with Gasteiger partial charge in [-0.2, -0.15) is 4.31 Å². The van der Waals surface area contributed by atoms with E-state index in [4.69, 9.17) is 9.47 Å². The summed E-state index contributed by atoms with van der Waals surface area (Å²) >= 11 is 0. The van der Waals surface area contributed by atoms with Gasteiger partial charge in [0.15, 0.2) is 5.79 Å². The number of aryl methyl sites for hydroxylation is 1. The van der Waals surface area contributed by atoms with Gasteiger partial charge >= 0.3 is 0 Å². The third-order valence-corrected chi connectivity index (χ3v) is 9.63. The van der Waals surface area contributed by atoms with E-state index >= 15 is 0 Å². The fraction of sp³-hybridized carbons (Fsp3) is 0.667. The Hall–Kier alpha value is -1.20. The number of anilines is 1. The Morgan fingerprint density at radius 3 is 2.36 bits per heavy atom. The molecule has 0 N–H and O–H groups in total. The number of benzene rings is 1. The first-order valence-corrected chi connectivity index (χ1v) is 12.7. The van der Waals surface area contributed by atoms with Crippen molar-refractivity contribution in [3.8, 4) is 0 Å². The van der Waals surface area contributed by atoms with E-state index in [1.807, 2.05) is 0 Å². The molecule has 156 valence electrons. The van der Waals surface area contributed by atoms with Gasteiger partial charge in [-0.3, -0.25) is 4.31 Å². The second-order valence-corrected chi connectivity index (χ2v) is 11.5. The molecule has 0 unspecified atom stereocenters. The van der Waals surface area contributed by atoms with E-state index in [2.05, 4.69) is 0 Å². The molecular formula is C18H26N2O6S2. The molecule has 10 heteroatoms. The maximum absolute atomic E-state index is 13.3. The van der Waals surface area contributed by atoms with Crippen LogP contribution in [0.2, 0.25) is 0 Å². The predicted octanol–water partition coefficient (Wildman–Crippen LogP) is 1.45. The van der Waals surface area contributed by atoms with Gasteiger partial charge in [0.1, 0.15) is 0 Å². The smallest absolute Gasteiger partial charge is 0.243 e. The quantitative estimate of drug-likeness (QED) is 0.721.